The van der Waals surface area contributed by atoms with Crippen molar-refractivity contribution < 1.29 is 21.1 Å². The Labute approximate surface area is 432 Å². The third-order valence-electron chi connectivity index (χ3n) is 14.5. The molecule has 3 aromatic heterocycles. The minimum absolute atomic E-state index is 0. The summed E-state index contributed by atoms with van der Waals surface area (Å²) in [4.78, 5) is 5.21. The predicted molar refractivity (Wildman–Crippen MR) is 290 cm³/mol. The van der Waals surface area contributed by atoms with E-state index in [4.69, 9.17) is 4.98 Å². The maximum absolute atomic E-state index is 5.21. The summed E-state index contributed by atoms with van der Waals surface area (Å²) in [5.41, 5.74) is 19.4. The van der Waals surface area contributed by atoms with E-state index in [0.717, 1.165) is 83.4 Å². The van der Waals surface area contributed by atoms with Crippen LogP contribution in [-0.4, -0.2) is 18.7 Å². The molecular formula is C67H43N4Pt-. The van der Waals surface area contributed by atoms with Gasteiger partial charge in [0, 0.05) is 56.0 Å². The Bertz CT molecular complexity index is 4070. The van der Waals surface area contributed by atoms with Crippen molar-refractivity contribution in [3.05, 3.63) is 296 Å². The van der Waals surface area contributed by atoms with Crippen LogP contribution in [0.25, 0.3) is 94.5 Å². The minimum atomic E-state index is -0.772. The van der Waals surface area contributed by atoms with Gasteiger partial charge in [-0.15, -0.1) is 28.6 Å². The number of hydrogen-bond donors (Lipinski definition) is 0. The number of hydrogen-bond acceptors (Lipinski definition) is 1. The van der Waals surface area contributed by atoms with Gasteiger partial charge in [0.25, 0.3) is 0 Å². The zero-order valence-electron chi connectivity index (χ0n) is 38.9. The van der Waals surface area contributed by atoms with Crippen molar-refractivity contribution in [3.63, 3.8) is 0 Å². The Morgan fingerprint density at radius 2 is 0.944 bits per heavy atom. The fraction of sp³-hybridized carbons (Fsp3) is 0.0149. The van der Waals surface area contributed by atoms with Crippen molar-refractivity contribution in [1.29, 1.82) is 0 Å². The molecule has 14 rings (SSSR count). The summed E-state index contributed by atoms with van der Waals surface area (Å²) >= 11 is 0. The molecule has 3 heterocycles. The maximum Gasteiger partial charge on any atom is 0.168 e. The van der Waals surface area contributed by atoms with Gasteiger partial charge in [-0.1, -0.05) is 181 Å². The maximum atomic E-state index is 5.21. The van der Waals surface area contributed by atoms with Crippen LogP contribution in [-0.2, 0) is 26.5 Å². The molecule has 4 nitrogen and oxygen atoms in total. The van der Waals surface area contributed by atoms with E-state index < -0.39 is 5.41 Å². The standard InChI is InChI=1S/C67H43N4.Pt/c1-4-20-46(21-5-1)53-31-19-32-54(47-22-6-2-7-23-47)66(53)48-40-41-68-65(42-48)71-61-35-15-12-30-57(61)58-39-38-50(44-64(58)71)67(59-33-13-10-28-55(59)56-29-11-14-34-60(56)67)49-24-18-27-52(43-49)70-45-69(51-25-8-3-9-26-51)62-36-16-17-37-63(62)70;/h1-42,45H;/q-1;. The molecular weight excluding hydrogens is 1060 g/mol. The van der Waals surface area contributed by atoms with Gasteiger partial charge in [0.1, 0.15) is 11.5 Å². The van der Waals surface area contributed by atoms with E-state index in [0.29, 0.717) is 0 Å². The van der Waals surface area contributed by atoms with Crippen molar-refractivity contribution in [2.75, 3.05) is 0 Å². The molecule has 13 aromatic rings. The second kappa shape index (κ2) is 17.6. The first-order valence-corrected chi connectivity index (χ1v) is 24.2. The molecule has 0 aliphatic heterocycles. The fourth-order valence-corrected chi connectivity index (χ4v) is 11.5. The van der Waals surface area contributed by atoms with Gasteiger partial charge in [0.05, 0.1) is 0 Å². The molecule has 0 saturated carbocycles. The molecule has 5 heteroatoms. The van der Waals surface area contributed by atoms with Gasteiger partial charge in [-0.25, -0.2) is 9.55 Å². The zero-order chi connectivity index (χ0) is 46.9. The molecule has 72 heavy (non-hydrogen) atoms. The first kappa shape index (κ1) is 43.3. The van der Waals surface area contributed by atoms with Crippen LogP contribution in [0.15, 0.2) is 261 Å². The summed E-state index contributed by atoms with van der Waals surface area (Å²) in [6, 6.07) is 97.6. The summed E-state index contributed by atoms with van der Waals surface area (Å²) in [7, 11) is 0. The third kappa shape index (κ3) is 6.71. The van der Waals surface area contributed by atoms with Gasteiger partial charge < -0.3 is 4.57 Å². The Hall–Kier alpha value is -8.69. The average Bonchev–Trinajstić information content (AvgIpc) is 4.10. The summed E-state index contributed by atoms with van der Waals surface area (Å²) < 4.78 is 6.85. The van der Waals surface area contributed by atoms with E-state index in [1.807, 2.05) is 6.20 Å². The molecule has 0 spiro atoms. The van der Waals surface area contributed by atoms with Crippen LogP contribution in [0.1, 0.15) is 22.3 Å². The first-order chi connectivity index (χ1) is 35.2. The number of pyridine rings is 1. The van der Waals surface area contributed by atoms with Crippen molar-refractivity contribution in [2.24, 2.45) is 0 Å². The second-order valence-electron chi connectivity index (χ2n) is 18.3. The predicted octanol–water partition coefficient (Wildman–Crippen LogP) is 16.2. The summed E-state index contributed by atoms with van der Waals surface area (Å²) in [5, 5.41) is 2.26. The Morgan fingerprint density at radius 3 is 1.62 bits per heavy atom. The van der Waals surface area contributed by atoms with Gasteiger partial charge in [-0.3, -0.25) is 0 Å². The van der Waals surface area contributed by atoms with Crippen LogP contribution in [0.2, 0.25) is 0 Å². The molecule has 1 aliphatic carbocycles. The molecule has 1 aliphatic rings. The molecule has 0 unspecified atom stereocenters. The molecule has 0 N–H and O–H groups in total. The van der Waals surface area contributed by atoms with Gasteiger partial charge in [0.15, 0.2) is 17.4 Å². The number of fused-ring (bicyclic) bond motifs is 7. The number of rotatable bonds is 8. The topological polar surface area (TPSA) is 27.7 Å². The monoisotopic (exact) mass is 1100 g/mol. The fourth-order valence-electron chi connectivity index (χ4n) is 11.5. The average molecular weight is 1100 g/mol. The Balaban J connectivity index is 0.00000504. The van der Waals surface area contributed by atoms with Crippen molar-refractivity contribution in [1.82, 2.24) is 18.7 Å². The Morgan fingerprint density at radius 1 is 0.403 bits per heavy atom. The molecule has 0 amide bonds. The summed E-state index contributed by atoms with van der Waals surface area (Å²) in [5.74, 6) is 0.824. The molecule has 0 bridgehead atoms. The van der Waals surface area contributed by atoms with Crippen LogP contribution in [0.3, 0.4) is 0 Å². The van der Waals surface area contributed by atoms with Crippen molar-refractivity contribution in [3.8, 4) is 61.7 Å². The van der Waals surface area contributed by atoms with E-state index in [1.165, 1.54) is 33.4 Å². The summed E-state index contributed by atoms with van der Waals surface area (Å²) in [6.45, 7) is 0. The SMILES string of the molecule is [Pt].[c-]1c(-n2[cH+]n(-c3ccccc3)c3ccccc32)cccc1C1(c2[c-]c3c(cc2)c2ccccc2n3-c2cc(-c3c(-c4ccccc4)cccc3-c3ccccc3)ccn2)c2ccccc2-c2ccccc21. The van der Waals surface area contributed by atoms with Crippen LogP contribution in [0.4, 0.5) is 0 Å². The van der Waals surface area contributed by atoms with Gasteiger partial charge >= 0.3 is 0 Å². The molecule has 0 fully saturated rings. The Kier molecular flexibility index (Phi) is 10.6. The van der Waals surface area contributed by atoms with Crippen molar-refractivity contribution in [2.45, 2.75) is 5.41 Å². The second-order valence-corrected chi connectivity index (χ2v) is 18.3. The number of aromatic nitrogens is 4. The van der Waals surface area contributed by atoms with E-state index >= 15 is 0 Å². The van der Waals surface area contributed by atoms with E-state index in [1.54, 1.807) is 0 Å². The van der Waals surface area contributed by atoms with Crippen LogP contribution >= 0.6 is 0 Å². The molecule has 342 valence electrons. The van der Waals surface area contributed by atoms with Gasteiger partial charge in [-0.05, 0) is 91.4 Å². The normalized spacial score (nSPS) is 12.4. The van der Waals surface area contributed by atoms with Gasteiger partial charge in [0.2, 0.25) is 0 Å². The van der Waals surface area contributed by atoms with E-state index in [9.17, 15) is 0 Å². The number of imidazole rings is 1. The largest absolute Gasteiger partial charge is 0.319 e. The number of benzene rings is 10. The molecule has 0 saturated heterocycles. The zero-order valence-corrected chi connectivity index (χ0v) is 41.2. The van der Waals surface area contributed by atoms with Crippen LogP contribution in [0, 0.1) is 12.1 Å². The smallest absolute Gasteiger partial charge is 0.168 e. The van der Waals surface area contributed by atoms with Crippen LogP contribution < -0.4 is 0 Å². The number of nitrogens with zero attached hydrogens (tertiary/aromatic N) is 4. The molecule has 10 aromatic carbocycles. The van der Waals surface area contributed by atoms with Gasteiger partial charge in [-0.2, -0.15) is 34.9 Å². The quantitative estimate of drug-likeness (QED) is 0.139. The van der Waals surface area contributed by atoms with E-state index in [-0.39, 0.29) is 21.1 Å². The third-order valence-corrected chi connectivity index (χ3v) is 14.5. The van der Waals surface area contributed by atoms with E-state index in [2.05, 4.69) is 281 Å². The molecule has 0 atom stereocenters. The number of para-hydroxylation sites is 4. The van der Waals surface area contributed by atoms with Crippen molar-refractivity contribution >= 4 is 32.8 Å². The minimum Gasteiger partial charge on any atom is -0.319 e. The first-order valence-electron chi connectivity index (χ1n) is 24.2. The molecule has 0 radical (unpaired) electrons. The van der Waals surface area contributed by atoms with Crippen LogP contribution in [0.5, 0.6) is 0 Å². The summed E-state index contributed by atoms with van der Waals surface area (Å²) in [6.07, 6.45) is 4.15.